The number of ether oxygens (including phenoxy) is 2. The van der Waals surface area contributed by atoms with Gasteiger partial charge in [0, 0.05) is 31.5 Å². The van der Waals surface area contributed by atoms with Crippen molar-refractivity contribution in [2.75, 3.05) is 40.0 Å². The Balaban J connectivity index is 1.73. The molecule has 1 aromatic carbocycles. The Bertz CT molecular complexity index is 938. The molecule has 0 radical (unpaired) electrons. The molecule has 0 fully saturated rings. The first-order chi connectivity index (χ1) is 16.3. The lowest BCUT2D eigenvalue weighted by Crippen LogP contribution is -2.48. The number of carbonyl (C=O) groups excluding carboxylic acids is 2. The Morgan fingerprint density at radius 2 is 1.88 bits per heavy atom. The minimum absolute atomic E-state index is 0.00771. The van der Waals surface area contributed by atoms with Gasteiger partial charge in [-0.05, 0) is 53.0 Å². The number of rotatable bonds is 11. The molecule has 0 unspecified atom stereocenters. The Morgan fingerprint density at radius 3 is 2.53 bits per heavy atom. The predicted molar refractivity (Wildman–Crippen MR) is 136 cm³/mol. The van der Waals surface area contributed by atoms with E-state index in [-0.39, 0.29) is 30.3 Å². The molecule has 0 bridgehead atoms. The van der Waals surface area contributed by atoms with Crippen molar-refractivity contribution in [3.8, 4) is 5.75 Å². The lowest BCUT2D eigenvalue weighted by atomic mass is 10.00. The van der Waals surface area contributed by atoms with Gasteiger partial charge in [-0.15, -0.1) is 11.3 Å². The van der Waals surface area contributed by atoms with Crippen molar-refractivity contribution in [2.45, 2.75) is 52.5 Å². The van der Waals surface area contributed by atoms with Crippen LogP contribution in [0.15, 0.2) is 35.7 Å². The van der Waals surface area contributed by atoms with Crippen molar-refractivity contribution in [2.24, 2.45) is 5.92 Å². The molecule has 6 nitrogen and oxygen atoms in total. The molecule has 2 heterocycles. The van der Waals surface area contributed by atoms with Gasteiger partial charge in [-0.1, -0.05) is 39.8 Å². The zero-order valence-corrected chi connectivity index (χ0v) is 21.9. The Hall–Kier alpha value is -2.38. The van der Waals surface area contributed by atoms with Gasteiger partial charge in [0.2, 0.25) is 11.8 Å². The standard InChI is InChI=1S/C27H38N2O4S/c1-19(2)16-26(30)28(13-14-32-5)17-27(31)29-12-10-25-23(11-15-34-25)24(29)18-33-22-8-6-21(7-9-22)20(3)4/h6-9,11,15,19-20,24H,10,12-14,16-18H2,1-5H3/t24-/m1/s1. The van der Waals surface area contributed by atoms with Crippen LogP contribution in [-0.2, 0) is 20.7 Å². The molecule has 0 N–H and O–H groups in total. The van der Waals surface area contributed by atoms with Crippen LogP contribution >= 0.6 is 11.3 Å². The summed E-state index contributed by atoms with van der Waals surface area (Å²) in [7, 11) is 1.61. The molecule has 2 amide bonds. The summed E-state index contributed by atoms with van der Waals surface area (Å²) in [5, 5.41) is 2.08. The number of benzene rings is 1. The van der Waals surface area contributed by atoms with Gasteiger partial charge in [0.15, 0.2) is 0 Å². The maximum atomic E-state index is 13.5. The molecule has 0 saturated heterocycles. The van der Waals surface area contributed by atoms with Gasteiger partial charge in [-0.3, -0.25) is 9.59 Å². The van der Waals surface area contributed by atoms with Gasteiger partial charge in [-0.25, -0.2) is 0 Å². The molecule has 1 aliphatic heterocycles. The molecule has 1 aliphatic rings. The summed E-state index contributed by atoms with van der Waals surface area (Å²) in [5.41, 5.74) is 2.42. The zero-order chi connectivity index (χ0) is 24.7. The van der Waals surface area contributed by atoms with Crippen molar-refractivity contribution in [3.05, 3.63) is 51.7 Å². The molecule has 186 valence electrons. The average Bonchev–Trinajstić information content (AvgIpc) is 3.29. The molecule has 2 aromatic rings. The summed E-state index contributed by atoms with van der Waals surface area (Å²) in [6.45, 7) is 10.3. The van der Waals surface area contributed by atoms with E-state index in [9.17, 15) is 9.59 Å². The van der Waals surface area contributed by atoms with Crippen LogP contribution in [-0.4, -0.2) is 61.6 Å². The highest BCUT2D eigenvalue weighted by Gasteiger charge is 2.33. The Kier molecular flexibility index (Phi) is 9.54. The molecule has 7 heteroatoms. The number of hydrogen-bond donors (Lipinski definition) is 0. The first-order valence-corrected chi connectivity index (χ1v) is 13.0. The Morgan fingerprint density at radius 1 is 1.15 bits per heavy atom. The van der Waals surface area contributed by atoms with Crippen LogP contribution in [0.1, 0.15) is 62.1 Å². The second-order valence-corrected chi connectivity index (χ2v) is 10.6. The summed E-state index contributed by atoms with van der Waals surface area (Å²) in [4.78, 5) is 31.1. The minimum Gasteiger partial charge on any atom is -0.491 e. The fraction of sp³-hybridized carbons (Fsp3) is 0.556. The van der Waals surface area contributed by atoms with Gasteiger partial charge in [0.25, 0.3) is 0 Å². The molecule has 0 aliphatic carbocycles. The normalized spacial score (nSPS) is 15.5. The number of methoxy groups -OCH3 is 1. The number of thiophene rings is 1. The first kappa shape index (κ1) is 26.2. The summed E-state index contributed by atoms with van der Waals surface area (Å²) in [6, 6.07) is 10.1. The lowest BCUT2D eigenvalue weighted by molar-refractivity contribution is -0.143. The second kappa shape index (κ2) is 12.4. The third-order valence-electron chi connectivity index (χ3n) is 6.20. The minimum atomic E-state index is -0.170. The van der Waals surface area contributed by atoms with Crippen LogP contribution in [0.5, 0.6) is 5.75 Å². The van der Waals surface area contributed by atoms with E-state index in [4.69, 9.17) is 9.47 Å². The largest absolute Gasteiger partial charge is 0.491 e. The Labute approximate surface area is 207 Å². The van der Waals surface area contributed by atoms with Crippen LogP contribution in [0.25, 0.3) is 0 Å². The SMILES string of the molecule is COCCN(CC(=O)N1CCc2sccc2[C@H]1COc1ccc(C(C)C)cc1)C(=O)CC(C)C. The van der Waals surface area contributed by atoms with E-state index in [1.807, 2.05) is 30.9 Å². The third-order valence-corrected chi connectivity index (χ3v) is 7.19. The van der Waals surface area contributed by atoms with Crippen molar-refractivity contribution in [3.63, 3.8) is 0 Å². The number of amides is 2. The summed E-state index contributed by atoms with van der Waals surface area (Å²) >= 11 is 1.73. The maximum absolute atomic E-state index is 13.5. The summed E-state index contributed by atoms with van der Waals surface area (Å²) in [5.74, 6) is 1.45. The molecule has 0 spiro atoms. The van der Waals surface area contributed by atoms with E-state index in [0.29, 0.717) is 38.6 Å². The molecular weight excluding hydrogens is 448 g/mol. The maximum Gasteiger partial charge on any atom is 0.242 e. The van der Waals surface area contributed by atoms with E-state index >= 15 is 0 Å². The molecule has 34 heavy (non-hydrogen) atoms. The van der Waals surface area contributed by atoms with E-state index in [2.05, 4.69) is 37.4 Å². The highest BCUT2D eigenvalue weighted by Crippen LogP contribution is 2.34. The molecule has 0 saturated carbocycles. The highest BCUT2D eigenvalue weighted by molar-refractivity contribution is 7.10. The molecule has 1 aromatic heterocycles. The zero-order valence-electron chi connectivity index (χ0n) is 21.1. The number of fused-ring (bicyclic) bond motifs is 1. The fourth-order valence-electron chi connectivity index (χ4n) is 4.22. The number of carbonyl (C=O) groups is 2. The lowest BCUT2D eigenvalue weighted by Gasteiger charge is -2.37. The molecular formula is C27H38N2O4S. The van der Waals surface area contributed by atoms with Crippen molar-refractivity contribution >= 4 is 23.2 Å². The molecule has 1 atom stereocenters. The second-order valence-electron chi connectivity index (χ2n) is 9.59. The smallest absolute Gasteiger partial charge is 0.242 e. The number of hydrogen-bond acceptors (Lipinski definition) is 5. The molecule has 3 rings (SSSR count). The highest BCUT2D eigenvalue weighted by atomic mass is 32.1. The summed E-state index contributed by atoms with van der Waals surface area (Å²) < 4.78 is 11.4. The monoisotopic (exact) mass is 486 g/mol. The fourth-order valence-corrected chi connectivity index (χ4v) is 5.15. The van der Waals surface area contributed by atoms with E-state index in [0.717, 1.165) is 17.7 Å². The van der Waals surface area contributed by atoms with E-state index < -0.39 is 0 Å². The van der Waals surface area contributed by atoms with Crippen LogP contribution < -0.4 is 4.74 Å². The van der Waals surface area contributed by atoms with Gasteiger partial charge in [0.05, 0.1) is 19.2 Å². The van der Waals surface area contributed by atoms with Crippen LogP contribution in [0.2, 0.25) is 0 Å². The van der Waals surface area contributed by atoms with Gasteiger partial charge < -0.3 is 19.3 Å². The van der Waals surface area contributed by atoms with Gasteiger partial charge in [-0.2, -0.15) is 0 Å². The van der Waals surface area contributed by atoms with Crippen molar-refractivity contribution in [1.29, 1.82) is 0 Å². The van der Waals surface area contributed by atoms with Crippen LogP contribution in [0.3, 0.4) is 0 Å². The van der Waals surface area contributed by atoms with Gasteiger partial charge in [0.1, 0.15) is 12.4 Å². The van der Waals surface area contributed by atoms with Crippen molar-refractivity contribution in [1.82, 2.24) is 9.80 Å². The topological polar surface area (TPSA) is 59.1 Å². The van der Waals surface area contributed by atoms with E-state index in [1.165, 1.54) is 10.4 Å². The first-order valence-electron chi connectivity index (χ1n) is 12.1. The van der Waals surface area contributed by atoms with Crippen LogP contribution in [0, 0.1) is 5.92 Å². The third kappa shape index (κ3) is 6.83. The summed E-state index contributed by atoms with van der Waals surface area (Å²) in [6.07, 6.45) is 1.25. The van der Waals surface area contributed by atoms with Crippen LogP contribution in [0.4, 0.5) is 0 Å². The average molecular weight is 487 g/mol. The quantitative estimate of drug-likeness (QED) is 0.453. The predicted octanol–water partition coefficient (Wildman–Crippen LogP) is 4.90. The van der Waals surface area contributed by atoms with E-state index in [1.54, 1.807) is 23.3 Å². The number of nitrogens with zero attached hydrogens (tertiary/aromatic N) is 2. The van der Waals surface area contributed by atoms with Crippen molar-refractivity contribution < 1.29 is 19.1 Å². The van der Waals surface area contributed by atoms with Gasteiger partial charge >= 0.3 is 0 Å².